The average molecular weight is 511 g/mol. The molecule has 1 aliphatic rings. The van der Waals surface area contributed by atoms with E-state index in [2.05, 4.69) is 11.4 Å². The zero-order valence-corrected chi connectivity index (χ0v) is 20.2. The van der Waals surface area contributed by atoms with Gasteiger partial charge in [0.15, 0.2) is 11.3 Å². The van der Waals surface area contributed by atoms with E-state index in [1.807, 2.05) is 35.2 Å². The minimum atomic E-state index is -1.81. The molecule has 2 aromatic rings. The number of alkyl halides is 3. The minimum absolute atomic E-state index is 0.194. The molecule has 6 nitrogen and oxygen atoms in total. The molecular formula is C22H22Cl3N5OS. The number of nitrogen functional groups attached to an aromatic ring is 1. The van der Waals surface area contributed by atoms with Crippen molar-refractivity contribution in [1.82, 2.24) is 10.2 Å². The Morgan fingerprint density at radius 2 is 1.88 bits per heavy atom. The van der Waals surface area contributed by atoms with Gasteiger partial charge < -0.3 is 20.9 Å². The second kappa shape index (κ2) is 10.6. The van der Waals surface area contributed by atoms with E-state index < -0.39 is 9.96 Å². The summed E-state index contributed by atoms with van der Waals surface area (Å²) in [4.78, 5) is 16.3. The van der Waals surface area contributed by atoms with Crippen LogP contribution in [0.5, 0.6) is 0 Å². The number of hydrogen-bond donors (Lipinski definition) is 2. The maximum Gasteiger partial charge on any atom is 0.228 e. The topological polar surface area (TPSA) is 85.4 Å². The van der Waals surface area contributed by atoms with Crippen molar-refractivity contribution in [2.75, 3.05) is 23.7 Å². The number of para-hydroxylation sites is 2. The Morgan fingerprint density at radius 1 is 1.19 bits per heavy atom. The third-order valence-electron chi connectivity index (χ3n) is 5.13. The molecule has 1 saturated heterocycles. The Kier molecular flexibility index (Phi) is 8.07. The zero-order valence-electron chi connectivity index (χ0n) is 17.1. The lowest BCUT2D eigenvalue weighted by atomic mass is 10.1. The van der Waals surface area contributed by atoms with E-state index >= 15 is 0 Å². The predicted molar refractivity (Wildman–Crippen MR) is 134 cm³/mol. The monoisotopic (exact) mass is 509 g/mol. The number of hydrogen-bond acceptors (Lipinski definition) is 4. The number of halogens is 3. The van der Waals surface area contributed by atoms with Crippen molar-refractivity contribution in [3.05, 3.63) is 59.7 Å². The van der Waals surface area contributed by atoms with Gasteiger partial charge in [0.1, 0.15) is 0 Å². The summed E-state index contributed by atoms with van der Waals surface area (Å²) in [6.45, 7) is 1.19. The molecule has 2 aromatic carbocycles. The lowest BCUT2D eigenvalue weighted by Gasteiger charge is -2.44. The van der Waals surface area contributed by atoms with Gasteiger partial charge in [-0.15, -0.1) is 0 Å². The first-order chi connectivity index (χ1) is 15.2. The van der Waals surface area contributed by atoms with Gasteiger partial charge in [-0.3, -0.25) is 4.79 Å². The molecule has 1 heterocycles. The third kappa shape index (κ3) is 5.96. The van der Waals surface area contributed by atoms with Gasteiger partial charge >= 0.3 is 0 Å². The Morgan fingerprint density at radius 3 is 2.50 bits per heavy atom. The van der Waals surface area contributed by atoms with Crippen LogP contribution in [-0.4, -0.2) is 39.0 Å². The van der Waals surface area contributed by atoms with Crippen LogP contribution in [0.3, 0.4) is 0 Å². The number of nitrogens with one attached hydrogen (secondary N) is 1. The van der Waals surface area contributed by atoms with E-state index in [1.165, 1.54) is 0 Å². The fourth-order valence-corrected chi connectivity index (χ4v) is 4.41. The van der Waals surface area contributed by atoms with Crippen LogP contribution in [0.2, 0.25) is 0 Å². The molecule has 0 radical (unpaired) electrons. The molecule has 1 amide bonds. The van der Waals surface area contributed by atoms with Crippen LogP contribution in [-0.2, 0) is 11.2 Å². The maximum atomic E-state index is 12.7. The van der Waals surface area contributed by atoms with Gasteiger partial charge in [-0.2, -0.15) is 5.26 Å². The summed E-state index contributed by atoms with van der Waals surface area (Å²) in [5.41, 5.74) is 9.00. The lowest BCUT2D eigenvalue weighted by molar-refractivity contribution is -0.122. The molecule has 3 N–H and O–H groups in total. The van der Waals surface area contributed by atoms with E-state index in [4.69, 9.17) is 58.0 Å². The first kappa shape index (κ1) is 24.4. The number of thiocarbonyl (C=S) groups is 1. The quantitative estimate of drug-likeness (QED) is 0.341. The summed E-state index contributed by atoms with van der Waals surface area (Å²) in [6.07, 6.45) is 0.480. The normalized spacial score (nSPS) is 15.2. The molecule has 0 spiro atoms. The van der Waals surface area contributed by atoms with Gasteiger partial charge in [0, 0.05) is 19.5 Å². The molecule has 1 unspecified atom stereocenters. The highest BCUT2D eigenvalue weighted by molar-refractivity contribution is 7.80. The number of anilines is 2. The molecule has 10 heteroatoms. The van der Waals surface area contributed by atoms with Crippen LogP contribution >= 0.6 is 47.0 Å². The molecule has 1 fully saturated rings. The Labute approximate surface area is 207 Å². The fourth-order valence-electron chi connectivity index (χ4n) is 3.51. The van der Waals surface area contributed by atoms with Crippen LogP contribution in [0.4, 0.5) is 11.4 Å². The Bertz CT molecular complexity index is 1020. The van der Waals surface area contributed by atoms with Gasteiger partial charge in [0.25, 0.3) is 0 Å². The van der Waals surface area contributed by atoms with Crippen molar-refractivity contribution >= 4 is 69.4 Å². The number of nitrogens with two attached hydrogens (primary N) is 1. The zero-order chi connectivity index (χ0) is 23.3. The fraction of sp³-hybridized carbons (Fsp3) is 0.318. The summed E-state index contributed by atoms with van der Waals surface area (Å²) >= 11 is 24.5. The second-order valence-electron chi connectivity index (χ2n) is 7.36. The molecule has 0 saturated carbocycles. The number of carbonyl (C=O) groups excluding carboxylic acids is 1. The highest BCUT2D eigenvalue weighted by Crippen LogP contribution is 2.35. The van der Waals surface area contributed by atoms with Crippen molar-refractivity contribution in [2.45, 2.75) is 29.2 Å². The molecule has 0 bridgehead atoms. The van der Waals surface area contributed by atoms with Crippen molar-refractivity contribution in [2.24, 2.45) is 0 Å². The number of nitrogens with zero attached hydrogens (tertiary/aromatic N) is 3. The van der Waals surface area contributed by atoms with Crippen LogP contribution in [0, 0.1) is 11.3 Å². The minimum Gasteiger partial charge on any atom is -0.397 e. The predicted octanol–water partition coefficient (Wildman–Crippen LogP) is 4.38. The largest absolute Gasteiger partial charge is 0.397 e. The third-order valence-corrected chi connectivity index (χ3v) is 6.20. The van der Waals surface area contributed by atoms with Gasteiger partial charge in [-0.1, -0.05) is 59.1 Å². The molecule has 168 valence electrons. The van der Waals surface area contributed by atoms with E-state index in [1.54, 1.807) is 23.1 Å². The molecule has 32 heavy (non-hydrogen) atoms. The number of amides is 1. The van der Waals surface area contributed by atoms with E-state index in [0.29, 0.717) is 35.9 Å². The lowest BCUT2D eigenvalue weighted by Crippen LogP contribution is -2.62. The Hall–Kier alpha value is -2.24. The van der Waals surface area contributed by atoms with E-state index in [0.717, 1.165) is 17.7 Å². The Balaban J connectivity index is 1.71. The maximum absolute atomic E-state index is 12.7. The average Bonchev–Trinajstić information content (AvgIpc) is 2.77. The first-order valence-corrected chi connectivity index (χ1v) is 11.5. The number of rotatable bonds is 6. The van der Waals surface area contributed by atoms with Crippen molar-refractivity contribution in [3.63, 3.8) is 0 Å². The number of aryl methyl sites for hydroxylation is 1. The number of carbonyl (C=O) groups is 1. The van der Waals surface area contributed by atoms with Gasteiger partial charge in [0.05, 0.1) is 23.0 Å². The first-order valence-electron chi connectivity index (χ1n) is 9.98. The molecule has 1 atom stereocenters. The van der Waals surface area contributed by atoms with Crippen molar-refractivity contribution in [1.29, 1.82) is 5.26 Å². The van der Waals surface area contributed by atoms with E-state index in [-0.39, 0.29) is 12.3 Å². The second-order valence-corrected chi connectivity index (χ2v) is 10.1. The van der Waals surface area contributed by atoms with Crippen LogP contribution in [0.15, 0.2) is 48.5 Å². The highest BCUT2D eigenvalue weighted by Gasteiger charge is 2.42. The summed E-state index contributed by atoms with van der Waals surface area (Å²) < 4.78 is -1.81. The smallest absolute Gasteiger partial charge is 0.228 e. The number of nitriles is 1. The highest BCUT2D eigenvalue weighted by atomic mass is 35.6. The molecule has 0 aliphatic carbocycles. The molecule has 3 rings (SSSR count). The van der Waals surface area contributed by atoms with Gasteiger partial charge in [-0.25, -0.2) is 0 Å². The molecular weight excluding hydrogens is 489 g/mol. The van der Waals surface area contributed by atoms with Gasteiger partial charge in [-0.05, 0) is 54.9 Å². The van der Waals surface area contributed by atoms with E-state index in [9.17, 15) is 4.79 Å². The van der Waals surface area contributed by atoms with Crippen LogP contribution in [0.25, 0.3) is 0 Å². The summed E-state index contributed by atoms with van der Waals surface area (Å²) in [7, 11) is 0. The van der Waals surface area contributed by atoms with Crippen molar-refractivity contribution in [3.8, 4) is 6.07 Å². The SMILES string of the molecule is N#Cc1ccc(CCC(=O)NC(N2CCCN(c3ccccc3N)C2=S)C(Cl)(Cl)Cl)cc1. The molecule has 0 aromatic heterocycles. The standard InChI is InChI=1S/C22H22Cl3N5OS/c23-22(24,25)20(28-19(31)11-10-15-6-8-16(14-26)9-7-15)30-13-3-12-29(21(30)32)18-5-2-1-4-17(18)27/h1-2,4-9,20H,3,10-13,27H2,(H,28,31). The van der Waals surface area contributed by atoms with Crippen LogP contribution in [0.1, 0.15) is 24.0 Å². The molecule has 1 aliphatic heterocycles. The number of benzene rings is 2. The summed E-state index contributed by atoms with van der Waals surface area (Å²) in [6, 6.07) is 16.5. The van der Waals surface area contributed by atoms with Gasteiger partial charge in [0.2, 0.25) is 9.70 Å². The summed E-state index contributed by atoms with van der Waals surface area (Å²) in [5.74, 6) is -0.273. The van der Waals surface area contributed by atoms with Crippen molar-refractivity contribution < 1.29 is 4.79 Å². The summed E-state index contributed by atoms with van der Waals surface area (Å²) in [5, 5.41) is 12.2. The van der Waals surface area contributed by atoms with Crippen LogP contribution < -0.4 is 16.0 Å².